The van der Waals surface area contributed by atoms with Gasteiger partial charge in [0.15, 0.2) is 0 Å². The predicted octanol–water partition coefficient (Wildman–Crippen LogP) is 2.13. The van der Waals surface area contributed by atoms with Gasteiger partial charge in [0.1, 0.15) is 5.82 Å². The highest BCUT2D eigenvalue weighted by Gasteiger charge is 2.25. The molecule has 1 aromatic heterocycles. The molecule has 0 radical (unpaired) electrons. The van der Waals surface area contributed by atoms with Crippen LogP contribution in [0.2, 0.25) is 0 Å². The summed E-state index contributed by atoms with van der Waals surface area (Å²) in [6, 6.07) is 4.88. The van der Waals surface area contributed by atoms with Gasteiger partial charge in [0.2, 0.25) is 0 Å². The summed E-state index contributed by atoms with van der Waals surface area (Å²) in [5, 5.41) is 3.82. The zero-order valence-electron chi connectivity index (χ0n) is 10.8. The number of rotatable bonds is 3. The van der Waals surface area contributed by atoms with E-state index in [9.17, 15) is 0 Å². The first kappa shape index (κ1) is 12.7. The molecule has 0 spiro atoms. The van der Waals surface area contributed by atoms with Gasteiger partial charge in [-0.2, -0.15) is 11.8 Å². The van der Waals surface area contributed by atoms with E-state index in [4.69, 9.17) is 0 Å². The van der Waals surface area contributed by atoms with Crippen LogP contribution in [0.4, 0.5) is 5.82 Å². The van der Waals surface area contributed by atoms with Gasteiger partial charge < -0.3 is 10.2 Å². The van der Waals surface area contributed by atoms with E-state index in [1.807, 2.05) is 13.2 Å². The molecular formula is C13H21N3S. The zero-order valence-corrected chi connectivity index (χ0v) is 11.6. The van der Waals surface area contributed by atoms with E-state index < -0.39 is 0 Å². The Bertz CT molecular complexity index is 352. The van der Waals surface area contributed by atoms with E-state index in [0.717, 1.165) is 18.9 Å². The van der Waals surface area contributed by atoms with Crippen molar-refractivity contribution in [3.8, 4) is 0 Å². The SMILES string of the molecule is CNCc1ccc(N2CCSC(C)C2C)nc1. The van der Waals surface area contributed by atoms with E-state index in [1.54, 1.807) is 0 Å². The van der Waals surface area contributed by atoms with Crippen molar-refractivity contribution in [2.75, 3.05) is 24.2 Å². The lowest BCUT2D eigenvalue weighted by molar-refractivity contribution is 0.620. The van der Waals surface area contributed by atoms with Gasteiger partial charge in [0, 0.05) is 36.3 Å². The first-order valence-corrected chi connectivity index (χ1v) is 7.25. The Morgan fingerprint density at radius 1 is 1.47 bits per heavy atom. The highest BCUT2D eigenvalue weighted by molar-refractivity contribution is 8.00. The Morgan fingerprint density at radius 3 is 2.94 bits per heavy atom. The van der Waals surface area contributed by atoms with Crippen molar-refractivity contribution in [3.05, 3.63) is 23.9 Å². The molecule has 2 unspecified atom stereocenters. The quantitative estimate of drug-likeness (QED) is 0.891. The Kier molecular flexibility index (Phi) is 4.29. The summed E-state index contributed by atoms with van der Waals surface area (Å²) in [5.74, 6) is 2.32. The molecular weight excluding hydrogens is 230 g/mol. The predicted molar refractivity (Wildman–Crippen MR) is 75.7 cm³/mol. The topological polar surface area (TPSA) is 28.2 Å². The molecule has 1 fully saturated rings. The fourth-order valence-electron chi connectivity index (χ4n) is 2.15. The molecule has 3 nitrogen and oxygen atoms in total. The van der Waals surface area contributed by atoms with E-state index >= 15 is 0 Å². The van der Waals surface area contributed by atoms with Crippen molar-refractivity contribution in [3.63, 3.8) is 0 Å². The number of nitrogens with zero attached hydrogens (tertiary/aromatic N) is 2. The van der Waals surface area contributed by atoms with Crippen molar-refractivity contribution < 1.29 is 0 Å². The average Bonchev–Trinajstić information content (AvgIpc) is 2.34. The molecule has 17 heavy (non-hydrogen) atoms. The second-order valence-electron chi connectivity index (χ2n) is 4.56. The van der Waals surface area contributed by atoms with E-state index in [2.05, 4.69) is 52.9 Å². The van der Waals surface area contributed by atoms with Crippen molar-refractivity contribution in [1.82, 2.24) is 10.3 Å². The first-order valence-electron chi connectivity index (χ1n) is 6.20. The number of hydrogen-bond acceptors (Lipinski definition) is 4. The van der Waals surface area contributed by atoms with Crippen LogP contribution in [0.1, 0.15) is 19.4 Å². The van der Waals surface area contributed by atoms with E-state index in [1.165, 1.54) is 11.3 Å². The maximum Gasteiger partial charge on any atom is 0.128 e. The fourth-order valence-corrected chi connectivity index (χ4v) is 3.25. The number of anilines is 1. The molecule has 0 aromatic carbocycles. The van der Waals surface area contributed by atoms with Crippen molar-refractivity contribution in [2.24, 2.45) is 0 Å². The zero-order chi connectivity index (χ0) is 12.3. The van der Waals surface area contributed by atoms with E-state index in [-0.39, 0.29) is 0 Å². The van der Waals surface area contributed by atoms with Crippen LogP contribution in [0, 0.1) is 0 Å². The highest BCUT2D eigenvalue weighted by Crippen LogP contribution is 2.27. The lowest BCUT2D eigenvalue weighted by Gasteiger charge is -2.38. The van der Waals surface area contributed by atoms with Crippen molar-refractivity contribution >= 4 is 17.6 Å². The molecule has 2 heterocycles. The highest BCUT2D eigenvalue weighted by atomic mass is 32.2. The third-order valence-electron chi connectivity index (χ3n) is 3.37. The minimum Gasteiger partial charge on any atom is -0.352 e. The monoisotopic (exact) mass is 251 g/mol. The molecule has 0 saturated carbocycles. The Labute approximate surface area is 108 Å². The minimum atomic E-state index is 0.566. The number of nitrogens with one attached hydrogen (secondary N) is 1. The molecule has 1 aromatic rings. The smallest absolute Gasteiger partial charge is 0.128 e. The molecule has 0 bridgehead atoms. The number of pyridine rings is 1. The largest absolute Gasteiger partial charge is 0.352 e. The lowest BCUT2D eigenvalue weighted by atomic mass is 10.2. The van der Waals surface area contributed by atoms with Crippen LogP contribution in [0.25, 0.3) is 0 Å². The van der Waals surface area contributed by atoms with Crippen molar-refractivity contribution in [2.45, 2.75) is 31.7 Å². The van der Waals surface area contributed by atoms with Crippen molar-refractivity contribution in [1.29, 1.82) is 0 Å². The molecule has 0 amide bonds. The normalized spacial score (nSPS) is 25.0. The third kappa shape index (κ3) is 2.93. The molecule has 2 atom stereocenters. The van der Waals surface area contributed by atoms with Gasteiger partial charge in [-0.1, -0.05) is 13.0 Å². The molecule has 1 aliphatic heterocycles. The van der Waals surface area contributed by atoms with Gasteiger partial charge in [-0.25, -0.2) is 4.98 Å². The van der Waals surface area contributed by atoms with Gasteiger partial charge in [-0.05, 0) is 25.6 Å². The maximum absolute atomic E-state index is 4.58. The maximum atomic E-state index is 4.58. The van der Waals surface area contributed by atoms with Gasteiger partial charge in [0.05, 0.1) is 0 Å². The average molecular weight is 251 g/mol. The van der Waals surface area contributed by atoms with E-state index in [0.29, 0.717) is 11.3 Å². The van der Waals surface area contributed by atoms with Crippen LogP contribution < -0.4 is 10.2 Å². The standard InChI is InChI=1S/C13H21N3S/c1-10-11(2)17-7-6-16(10)13-5-4-12(8-14-3)9-15-13/h4-5,9-11,14H,6-8H2,1-3H3. The summed E-state index contributed by atoms with van der Waals surface area (Å²) >= 11 is 2.06. The Hall–Kier alpha value is -0.740. The van der Waals surface area contributed by atoms with Crippen LogP contribution >= 0.6 is 11.8 Å². The fraction of sp³-hybridized carbons (Fsp3) is 0.615. The van der Waals surface area contributed by atoms with Crippen LogP contribution in [-0.2, 0) is 6.54 Å². The second kappa shape index (κ2) is 5.74. The lowest BCUT2D eigenvalue weighted by Crippen LogP contribution is -2.45. The van der Waals surface area contributed by atoms with Crippen LogP contribution in [0.3, 0.4) is 0 Å². The van der Waals surface area contributed by atoms with Gasteiger partial charge >= 0.3 is 0 Å². The van der Waals surface area contributed by atoms with Crippen LogP contribution in [0.15, 0.2) is 18.3 Å². The summed E-state index contributed by atoms with van der Waals surface area (Å²) < 4.78 is 0. The second-order valence-corrected chi connectivity index (χ2v) is 6.05. The summed E-state index contributed by atoms with van der Waals surface area (Å²) in [5.41, 5.74) is 1.24. The van der Waals surface area contributed by atoms with Gasteiger partial charge in [0.25, 0.3) is 0 Å². The molecule has 1 N–H and O–H groups in total. The van der Waals surface area contributed by atoms with Crippen LogP contribution in [0.5, 0.6) is 0 Å². The summed E-state index contributed by atoms with van der Waals surface area (Å²) in [6.07, 6.45) is 1.98. The third-order valence-corrected chi connectivity index (χ3v) is 4.71. The summed E-state index contributed by atoms with van der Waals surface area (Å²) in [4.78, 5) is 7.00. The first-order chi connectivity index (χ1) is 8.22. The molecule has 94 valence electrons. The number of aromatic nitrogens is 1. The summed E-state index contributed by atoms with van der Waals surface area (Å²) in [7, 11) is 1.96. The number of thioether (sulfide) groups is 1. The molecule has 0 aliphatic carbocycles. The number of hydrogen-bond donors (Lipinski definition) is 1. The molecule has 4 heteroatoms. The molecule has 1 saturated heterocycles. The Balaban J connectivity index is 2.10. The summed E-state index contributed by atoms with van der Waals surface area (Å²) in [6.45, 7) is 6.58. The van der Waals surface area contributed by atoms with Gasteiger partial charge in [-0.15, -0.1) is 0 Å². The molecule has 1 aliphatic rings. The molecule has 2 rings (SSSR count). The van der Waals surface area contributed by atoms with Gasteiger partial charge in [-0.3, -0.25) is 0 Å². The Morgan fingerprint density at radius 2 is 2.29 bits per heavy atom. The minimum absolute atomic E-state index is 0.566. The van der Waals surface area contributed by atoms with Crippen LogP contribution in [-0.4, -0.2) is 35.6 Å².